The number of sulfonamides is 1. The van der Waals surface area contributed by atoms with Crippen LogP contribution in [0.25, 0.3) is 0 Å². The zero-order valence-corrected chi connectivity index (χ0v) is 19.1. The number of aryl methyl sites for hydroxylation is 2. The lowest BCUT2D eigenvalue weighted by Crippen LogP contribution is -2.27. The topological polar surface area (TPSA) is 66.5 Å². The van der Waals surface area contributed by atoms with Crippen LogP contribution >= 0.6 is 0 Å². The Morgan fingerprint density at radius 3 is 2.26 bits per heavy atom. The van der Waals surface area contributed by atoms with Crippen molar-refractivity contribution in [2.75, 3.05) is 7.05 Å². The summed E-state index contributed by atoms with van der Waals surface area (Å²) in [4.78, 5) is 12.9. The molecule has 31 heavy (non-hydrogen) atoms. The van der Waals surface area contributed by atoms with Crippen molar-refractivity contribution in [2.24, 2.45) is 0 Å². The average Bonchev–Trinajstić information content (AvgIpc) is 2.76. The second-order valence-corrected chi connectivity index (χ2v) is 9.87. The summed E-state index contributed by atoms with van der Waals surface area (Å²) in [6.07, 6.45) is 0. The number of nitrogens with one attached hydrogen (secondary N) is 1. The molecule has 1 N–H and O–H groups in total. The van der Waals surface area contributed by atoms with E-state index >= 15 is 0 Å². The van der Waals surface area contributed by atoms with Crippen molar-refractivity contribution in [2.45, 2.75) is 38.3 Å². The molecule has 3 aromatic carbocycles. The van der Waals surface area contributed by atoms with Crippen LogP contribution in [0.1, 0.15) is 45.6 Å². The lowest BCUT2D eigenvalue weighted by atomic mass is 9.99. The van der Waals surface area contributed by atoms with Gasteiger partial charge in [-0.2, -0.15) is 4.31 Å². The van der Waals surface area contributed by atoms with Crippen LogP contribution in [0, 0.1) is 13.8 Å². The number of hydrogen-bond acceptors (Lipinski definition) is 3. The molecule has 0 aliphatic rings. The van der Waals surface area contributed by atoms with Gasteiger partial charge in [0, 0.05) is 19.2 Å². The van der Waals surface area contributed by atoms with Crippen molar-refractivity contribution >= 4 is 15.9 Å². The van der Waals surface area contributed by atoms with Gasteiger partial charge in [0.25, 0.3) is 5.91 Å². The Balaban J connectivity index is 1.67. The molecule has 0 spiro atoms. The summed E-state index contributed by atoms with van der Waals surface area (Å²) in [5, 5.41) is 3.04. The Morgan fingerprint density at radius 1 is 0.968 bits per heavy atom. The van der Waals surface area contributed by atoms with Crippen LogP contribution in [0.4, 0.5) is 0 Å². The van der Waals surface area contributed by atoms with Crippen LogP contribution in [0.2, 0.25) is 0 Å². The monoisotopic (exact) mass is 436 g/mol. The van der Waals surface area contributed by atoms with E-state index in [1.54, 1.807) is 61.6 Å². The van der Waals surface area contributed by atoms with Crippen molar-refractivity contribution < 1.29 is 13.2 Å². The van der Waals surface area contributed by atoms with Crippen molar-refractivity contribution in [1.82, 2.24) is 9.62 Å². The summed E-state index contributed by atoms with van der Waals surface area (Å²) in [6.45, 7) is 6.26. The number of amides is 1. The van der Waals surface area contributed by atoms with Crippen molar-refractivity contribution in [3.05, 3.63) is 101 Å². The first-order chi connectivity index (χ1) is 14.7. The second-order valence-electron chi connectivity index (χ2n) is 7.83. The van der Waals surface area contributed by atoms with Gasteiger partial charge in [-0.15, -0.1) is 0 Å². The van der Waals surface area contributed by atoms with E-state index < -0.39 is 10.0 Å². The van der Waals surface area contributed by atoms with Gasteiger partial charge < -0.3 is 5.32 Å². The number of rotatable bonds is 7. The fraction of sp³-hybridized carbons (Fsp3) is 0.240. The van der Waals surface area contributed by atoms with Gasteiger partial charge in [0.05, 0.1) is 10.9 Å². The molecular formula is C25H28N2O3S. The SMILES string of the molecule is Cc1ccc(C)c(C(C)NC(=O)c2ccc(CN(C)S(=O)(=O)c3ccccc3)cc2)c1. The lowest BCUT2D eigenvalue weighted by molar-refractivity contribution is 0.0939. The molecule has 0 saturated heterocycles. The molecule has 1 amide bonds. The van der Waals surface area contributed by atoms with Gasteiger partial charge in [-0.1, -0.05) is 54.1 Å². The summed E-state index contributed by atoms with van der Waals surface area (Å²) in [7, 11) is -2.01. The number of nitrogens with zero attached hydrogens (tertiary/aromatic N) is 1. The molecule has 0 fully saturated rings. The van der Waals surface area contributed by atoms with Crippen LogP contribution in [0.3, 0.4) is 0 Å². The van der Waals surface area contributed by atoms with E-state index in [0.717, 1.165) is 22.3 Å². The highest BCUT2D eigenvalue weighted by molar-refractivity contribution is 7.89. The summed E-state index contributed by atoms with van der Waals surface area (Å²) >= 11 is 0. The van der Waals surface area contributed by atoms with E-state index in [1.807, 2.05) is 20.8 Å². The number of carbonyl (C=O) groups excluding carboxylic acids is 1. The molecule has 0 saturated carbocycles. The molecular weight excluding hydrogens is 408 g/mol. The van der Waals surface area contributed by atoms with E-state index in [9.17, 15) is 13.2 Å². The molecule has 0 heterocycles. The average molecular weight is 437 g/mol. The summed E-state index contributed by atoms with van der Waals surface area (Å²) in [5.74, 6) is -0.162. The lowest BCUT2D eigenvalue weighted by Gasteiger charge is -2.18. The van der Waals surface area contributed by atoms with Crippen molar-refractivity contribution in [3.8, 4) is 0 Å². The van der Waals surface area contributed by atoms with Gasteiger partial charge in [0.2, 0.25) is 10.0 Å². The Morgan fingerprint density at radius 2 is 1.61 bits per heavy atom. The molecule has 162 valence electrons. The Bertz CT molecular complexity index is 1160. The molecule has 1 atom stereocenters. The molecule has 0 bridgehead atoms. The summed E-state index contributed by atoms with van der Waals surface area (Å²) in [6, 6.07) is 21.5. The van der Waals surface area contributed by atoms with Gasteiger partial charge in [-0.25, -0.2) is 8.42 Å². The number of hydrogen-bond donors (Lipinski definition) is 1. The Kier molecular flexibility index (Phi) is 6.93. The zero-order valence-electron chi connectivity index (χ0n) is 18.3. The van der Waals surface area contributed by atoms with E-state index in [1.165, 1.54) is 4.31 Å². The maximum Gasteiger partial charge on any atom is 0.251 e. The Hall–Kier alpha value is -2.96. The predicted octanol–water partition coefficient (Wildman–Crippen LogP) is 4.62. The highest BCUT2D eigenvalue weighted by Gasteiger charge is 2.20. The molecule has 6 heteroatoms. The van der Waals surface area contributed by atoms with Crippen LogP contribution < -0.4 is 5.32 Å². The molecule has 3 rings (SSSR count). The third-order valence-electron chi connectivity index (χ3n) is 5.32. The largest absolute Gasteiger partial charge is 0.346 e. The fourth-order valence-corrected chi connectivity index (χ4v) is 4.64. The highest BCUT2D eigenvalue weighted by atomic mass is 32.2. The maximum absolute atomic E-state index is 12.7. The highest BCUT2D eigenvalue weighted by Crippen LogP contribution is 2.20. The molecule has 0 aliphatic carbocycles. The standard InChI is InChI=1S/C25H28N2O3S/c1-18-10-11-19(2)24(16-18)20(3)26-25(28)22-14-12-21(13-15-22)17-27(4)31(29,30)23-8-6-5-7-9-23/h5-16,20H,17H2,1-4H3,(H,26,28). The fourth-order valence-electron chi connectivity index (χ4n) is 3.46. The smallest absolute Gasteiger partial charge is 0.251 e. The van der Waals surface area contributed by atoms with Crippen molar-refractivity contribution in [1.29, 1.82) is 0 Å². The quantitative estimate of drug-likeness (QED) is 0.588. The summed E-state index contributed by atoms with van der Waals surface area (Å²) in [5.41, 5.74) is 4.73. The van der Waals surface area contributed by atoms with Crippen LogP contribution in [0.15, 0.2) is 77.7 Å². The van der Waals surface area contributed by atoms with E-state index in [0.29, 0.717) is 5.56 Å². The first kappa shape index (κ1) is 22.7. The van der Waals surface area contributed by atoms with Crippen LogP contribution in [-0.4, -0.2) is 25.7 Å². The minimum absolute atomic E-state index is 0.116. The predicted molar refractivity (Wildman–Crippen MR) is 123 cm³/mol. The second kappa shape index (κ2) is 9.45. The van der Waals surface area contributed by atoms with E-state index in [-0.39, 0.29) is 23.4 Å². The molecule has 5 nitrogen and oxygen atoms in total. The molecule has 0 radical (unpaired) electrons. The number of carbonyl (C=O) groups is 1. The van der Waals surface area contributed by atoms with E-state index in [2.05, 4.69) is 23.5 Å². The van der Waals surface area contributed by atoms with Gasteiger partial charge in [-0.3, -0.25) is 4.79 Å². The third-order valence-corrected chi connectivity index (χ3v) is 7.14. The van der Waals surface area contributed by atoms with Crippen LogP contribution in [0.5, 0.6) is 0 Å². The molecule has 0 aromatic heterocycles. The zero-order chi connectivity index (χ0) is 22.6. The molecule has 0 aliphatic heterocycles. The van der Waals surface area contributed by atoms with E-state index in [4.69, 9.17) is 0 Å². The van der Waals surface area contributed by atoms with Gasteiger partial charge in [0.1, 0.15) is 0 Å². The molecule has 3 aromatic rings. The Labute approximate surface area is 184 Å². The first-order valence-electron chi connectivity index (χ1n) is 10.2. The van der Waals surface area contributed by atoms with Gasteiger partial charge in [0.15, 0.2) is 0 Å². The number of benzene rings is 3. The third kappa shape index (κ3) is 5.40. The minimum Gasteiger partial charge on any atom is -0.346 e. The first-order valence-corrected chi connectivity index (χ1v) is 11.6. The maximum atomic E-state index is 12.7. The van der Waals surface area contributed by atoms with Gasteiger partial charge >= 0.3 is 0 Å². The summed E-state index contributed by atoms with van der Waals surface area (Å²) < 4.78 is 26.7. The van der Waals surface area contributed by atoms with Crippen molar-refractivity contribution in [3.63, 3.8) is 0 Å². The van der Waals surface area contributed by atoms with Gasteiger partial charge in [-0.05, 0) is 61.7 Å². The molecule has 1 unspecified atom stereocenters. The minimum atomic E-state index is -3.56. The van der Waals surface area contributed by atoms with Crippen LogP contribution in [-0.2, 0) is 16.6 Å². The normalized spacial score (nSPS) is 12.5.